The molecule has 19 heavy (non-hydrogen) atoms. The summed E-state index contributed by atoms with van der Waals surface area (Å²) in [5, 5.41) is 3.64. The van der Waals surface area contributed by atoms with E-state index in [1.165, 1.54) is 38.5 Å². The monoisotopic (exact) mass is 285 g/mol. The zero-order valence-electron chi connectivity index (χ0n) is 12.2. The number of carbonyl (C=O) groups excluding carboxylic acids is 1. The molecular weight excluding hydrogens is 258 g/mol. The Bertz CT molecular complexity index is 293. The van der Waals surface area contributed by atoms with Gasteiger partial charge in [0, 0.05) is 10.8 Å². The van der Waals surface area contributed by atoms with Crippen molar-refractivity contribution in [2.75, 3.05) is 12.9 Å². The second-order valence-corrected chi connectivity index (χ2v) is 7.03. The molecule has 2 aliphatic rings. The molecule has 0 spiro atoms. The highest BCUT2D eigenvalue weighted by Gasteiger charge is 2.48. The summed E-state index contributed by atoms with van der Waals surface area (Å²) >= 11 is 1.85. The Labute approximate surface area is 121 Å². The minimum Gasteiger partial charge on any atom is -0.465 e. The van der Waals surface area contributed by atoms with Crippen LogP contribution in [0.2, 0.25) is 0 Å². The summed E-state index contributed by atoms with van der Waals surface area (Å²) in [5.74, 6) is -0.0397. The fourth-order valence-corrected chi connectivity index (χ4v) is 4.40. The van der Waals surface area contributed by atoms with E-state index < -0.39 is 0 Å². The summed E-state index contributed by atoms with van der Waals surface area (Å²) in [6, 6.07) is 0.395. The van der Waals surface area contributed by atoms with Gasteiger partial charge in [-0.1, -0.05) is 25.7 Å². The molecule has 1 unspecified atom stereocenters. The first-order chi connectivity index (χ1) is 9.22. The van der Waals surface area contributed by atoms with E-state index in [1.54, 1.807) is 0 Å². The second-order valence-electron chi connectivity index (χ2n) is 5.81. The molecule has 0 aromatic rings. The predicted octanol–water partition coefficient (Wildman–Crippen LogP) is 3.13. The van der Waals surface area contributed by atoms with Gasteiger partial charge in [0.15, 0.2) is 0 Å². The summed E-state index contributed by atoms with van der Waals surface area (Å²) < 4.78 is 5.40. The SMILES string of the molecule is CCOC(=O)C(NC1CCCCC1)C1(SC)CCC1. The minimum absolute atomic E-state index is 0.0397. The highest BCUT2D eigenvalue weighted by Crippen LogP contribution is 2.46. The molecule has 0 saturated heterocycles. The van der Waals surface area contributed by atoms with Crippen LogP contribution in [0.25, 0.3) is 0 Å². The highest BCUT2D eigenvalue weighted by atomic mass is 32.2. The van der Waals surface area contributed by atoms with Crippen molar-refractivity contribution >= 4 is 17.7 Å². The fourth-order valence-electron chi connectivity index (χ4n) is 3.30. The van der Waals surface area contributed by atoms with Crippen LogP contribution >= 0.6 is 11.8 Å². The van der Waals surface area contributed by atoms with Crippen LogP contribution in [0.1, 0.15) is 58.3 Å². The molecule has 1 atom stereocenters. The van der Waals surface area contributed by atoms with Crippen LogP contribution in [0.3, 0.4) is 0 Å². The average molecular weight is 285 g/mol. The van der Waals surface area contributed by atoms with E-state index in [2.05, 4.69) is 11.6 Å². The van der Waals surface area contributed by atoms with Crippen molar-refractivity contribution in [2.24, 2.45) is 0 Å². The number of ether oxygens (including phenoxy) is 1. The van der Waals surface area contributed by atoms with Crippen molar-refractivity contribution in [3.63, 3.8) is 0 Å². The normalized spacial score (nSPS) is 24.5. The summed E-state index contributed by atoms with van der Waals surface area (Å²) in [6.45, 7) is 2.37. The van der Waals surface area contributed by atoms with E-state index in [-0.39, 0.29) is 16.8 Å². The van der Waals surface area contributed by atoms with Crippen LogP contribution in [-0.4, -0.2) is 35.7 Å². The third-order valence-corrected chi connectivity index (χ3v) is 6.12. The van der Waals surface area contributed by atoms with Gasteiger partial charge in [-0.05, 0) is 38.9 Å². The molecule has 0 bridgehead atoms. The van der Waals surface area contributed by atoms with Gasteiger partial charge in [-0.15, -0.1) is 0 Å². The maximum atomic E-state index is 12.3. The molecule has 110 valence electrons. The quantitative estimate of drug-likeness (QED) is 0.761. The van der Waals surface area contributed by atoms with Crippen molar-refractivity contribution < 1.29 is 9.53 Å². The number of hydrogen-bond donors (Lipinski definition) is 1. The van der Waals surface area contributed by atoms with Gasteiger partial charge in [0.25, 0.3) is 0 Å². The van der Waals surface area contributed by atoms with Crippen LogP contribution in [0, 0.1) is 0 Å². The Kier molecular flexibility index (Phi) is 5.58. The summed E-state index contributed by atoms with van der Waals surface area (Å²) in [7, 11) is 0. The zero-order valence-corrected chi connectivity index (χ0v) is 13.1. The first kappa shape index (κ1) is 15.2. The van der Waals surface area contributed by atoms with E-state index >= 15 is 0 Å². The van der Waals surface area contributed by atoms with E-state index in [0.29, 0.717) is 12.6 Å². The Morgan fingerprint density at radius 2 is 2.00 bits per heavy atom. The van der Waals surface area contributed by atoms with Crippen molar-refractivity contribution in [2.45, 2.75) is 75.1 Å². The standard InChI is InChI=1S/C15H27NO2S/c1-3-18-14(17)13(15(19-2)10-7-11-15)16-12-8-5-4-6-9-12/h12-13,16H,3-11H2,1-2H3. The lowest BCUT2D eigenvalue weighted by Crippen LogP contribution is -2.60. The molecule has 4 heteroatoms. The van der Waals surface area contributed by atoms with E-state index in [4.69, 9.17) is 4.74 Å². The predicted molar refractivity (Wildman–Crippen MR) is 80.5 cm³/mol. The van der Waals surface area contributed by atoms with E-state index in [9.17, 15) is 4.79 Å². The fraction of sp³-hybridized carbons (Fsp3) is 0.933. The molecule has 0 aromatic carbocycles. The molecule has 0 aromatic heterocycles. The molecule has 0 aliphatic heterocycles. The van der Waals surface area contributed by atoms with Crippen molar-refractivity contribution in [3.8, 4) is 0 Å². The Hall–Kier alpha value is -0.220. The molecule has 0 radical (unpaired) electrons. The number of esters is 1. The number of hydrogen-bond acceptors (Lipinski definition) is 4. The molecule has 2 saturated carbocycles. The Morgan fingerprint density at radius 3 is 2.47 bits per heavy atom. The first-order valence-electron chi connectivity index (χ1n) is 7.69. The van der Waals surface area contributed by atoms with Crippen molar-refractivity contribution in [1.29, 1.82) is 0 Å². The maximum Gasteiger partial charge on any atom is 0.324 e. The van der Waals surface area contributed by atoms with Crippen LogP contribution in [0.4, 0.5) is 0 Å². The number of rotatable bonds is 6. The Morgan fingerprint density at radius 1 is 1.32 bits per heavy atom. The molecule has 1 N–H and O–H groups in total. The molecule has 3 nitrogen and oxygen atoms in total. The van der Waals surface area contributed by atoms with Crippen LogP contribution in [0.5, 0.6) is 0 Å². The number of nitrogens with one attached hydrogen (secondary N) is 1. The average Bonchev–Trinajstić information content (AvgIpc) is 2.38. The largest absolute Gasteiger partial charge is 0.465 e. The third kappa shape index (κ3) is 3.46. The van der Waals surface area contributed by atoms with E-state index in [0.717, 1.165) is 12.8 Å². The molecule has 2 fully saturated rings. The van der Waals surface area contributed by atoms with Crippen molar-refractivity contribution in [3.05, 3.63) is 0 Å². The first-order valence-corrected chi connectivity index (χ1v) is 8.92. The molecule has 2 rings (SSSR count). The van der Waals surface area contributed by atoms with Gasteiger partial charge in [-0.2, -0.15) is 11.8 Å². The molecule has 0 heterocycles. The Balaban J connectivity index is 2.02. The minimum atomic E-state index is -0.112. The van der Waals surface area contributed by atoms with Gasteiger partial charge in [-0.25, -0.2) is 0 Å². The molecule has 0 amide bonds. The molecular formula is C15H27NO2S. The zero-order chi connectivity index (χ0) is 13.7. The van der Waals surface area contributed by atoms with Crippen LogP contribution in [0.15, 0.2) is 0 Å². The number of thioether (sulfide) groups is 1. The van der Waals surface area contributed by atoms with Gasteiger partial charge in [-0.3, -0.25) is 4.79 Å². The van der Waals surface area contributed by atoms with Crippen molar-refractivity contribution in [1.82, 2.24) is 5.32 Å². The van der Waals surface area contributed by atoms with Gasteiger partial charge >= 0.3 is 5.97 Å². The molecule has 2 aliphatic carbocycles. The lowest BCUT2D eigenvalue weighted by Gasteiger charge is -2.46. The van der Waals surface area contributed by atoms with Gasteiger partial charge in [0.1, 0.15) is 6.04 Å². The summed E-state index contributed by atoms with van der Waals surface area (Å²) in [6.07, 6.45) is 12.0. The highest BCUT2D eigenvalue weighted by molar-refractivity contribution is 8.00. The number of carbonyl (C=O) groups is 1. The maximum absolute atomic E-state index is 12.3. The van der Waals surface area contributed by atoms with Crippen LogP contribution in [-0.2, 0) is 9.53 Å². The van der Waals surface area contributed by atoms with Crippen LogP contribution < -0.4 is 5.32 Å². The summed E-state index contributed by atoms with van der Waals surface area (Å²) in [5.41, 5.74) is 0. The van der Waals surface area contributed by atoms with Gasteiger partial charge in [0.05, 0.1) is 6.61 Å². The third-order valence-electron chi connectivity index (χ3n) is 4.66. The lowest BCUT2D eigenvalue weighted by molar-refractivity contribution is -0.147. The van der Waals surface area contributed by atoms with Gasteiger partial charge in [0.2, 0.25) is 0 Å². The topological polar surface area (TPSA) is 38.3 Å². The smallest absolute Gasteiger partial charge is 0.324 e. The lowest BCUT2D eigenvalue weighted by atomic mass is 9.77. The summed E-state index contributed by atoms with van der Waals surface area (Å²) in [4.78, 5) is 12.3. The van der Waals surface area contributed by atoms with E-state index in [1.807, 2.05) is 18.7 Å². The second kappa shape index (κ2) is 6.98. The van der Waals surface area contributed by atoms with Gasteiger partial charge < -0.3 is 10.1 Å².